The third kappa shape index (κ3) is 7.93. The number of carbonyl (C=O) groups is 2. The summed E-state index contributed by atoms with van der Waals surface area (Å²) in [7, 11) is 1.59. The van der Waals surface area contributed by atoms with Crippen molar-refractivity contribution in [3.63, 3.8) is 0 Å². The lowest BCUT2D eigenvalue weighted by molar-refractivity contribution is 0.0696. The number of aromatic carboxylic acids is 1. The molecule has 0 atom stereocenters. The van der Waals surface area contributed by atoms with E-state index in [2.05, 4.69) is 13.8 Å². The van der Waals surface area contributed by atoms with E-state index in [1.807, 2.05) is 84.9 Å². The van der Waals surface area contributed by atoms with Crippen molar-refractivity contribution in [2.24, 2.45) is 0 Å². The van der Waals surface area contributed by atoms with Crippen molar-refractivity contribution in [1.29, 1.82) is 0 Å². The molecule has 5 aromatic rings. The topological polar surface area (TPSA) is 85.3 Å². The van der Waals surface area contributed by atoms with Crippen molar-refractivity contribution in [3.05, 3.63) is 155 Å². The summed E-state index contributed by atoms with van der Waals surface area (Å²) in [5.74, 6) is 0.492. The summed E-state index contributed by atoms with van der Waals surface area (Å²) in [5, 5.41) is 9.38. The molecule has 1 N–H and O–H groups in total. The molecule has 5 rings (SSSR count). The molecule has 0 spiro atoms. The van der Waals surface area contributed by atoms with Crippen LogP contribution < -0.4 is 19.1 Å². The molecule has 46 heavy (non-hydrogen) atoms. The van der Waals surface area contributed by atoms with Crippen LogP contribution in [0.1, 0.15) is 62.7 Å². The minimum atomic E-state index is -1.01. The molecule has 1 amide bonds. The molecule has 7 nitrogen and oxygen atoms in total. The second kappa shape index (κ2) is 14.9. The average Bonchev–Trinajstić information content (AvgIpc) is 3.09. The van der Waals surface area contributed by atoms with Crippen LogP contribution in [0, 0.1) is 0 Å². The fraction of sp³-hybridized carbons (Fsp3) is 0.179. The van der Waals surface area contributed by atoms with Crippen LogP contribution in [0.25, 0.3) is 0 Å². The van der Waals surface area contributed by atoms with Gasteiger partial charge in [0.15, 0.2) is 0 Å². The van der Waals surface area contributed by atoms with Crippen molar-refractivity contribution >= 4 is 17.6 Å². The minimum absolute atomic E-state index is 0.0542. The fourth-order valence-corrected chi connectivity index (χ4v) is 5.03. The van der Waals surface area contributed by atoms with Gasteiger partial charge in [0.05, 0.1) is 24.8 Å². The maximum atomic E-state index is 14.7. The number of methoxy groups -OCH3 is 1. The van der Waals surface area contributed by atoms with Gasteiger partial charge in [0.2, 0.25) is 0 Å². The Hall–Kier alpha value is -5.56. The van der Waals surface area contributed by atoms with Crippen LogP contribution in [-0.2, 0) is 19.8 Å². The van der Waals surface area contributed by atoms with Gasteiger partial charge in [0.25, 0.3) is 5.91 Å². The normalized spacial score (nSPS) is 10.8. The number of hydrogen-bond acceptors (Lipinski definition) is 5. The summed E-state index contributed by atoms with van der Waals surface area (Å²) in [5.41, 5.74) is 4.87. The van der Waals surface area contributed by atoms with E-state index < -0.39 is 5.97 Å². The van der Waals surface area contributed by atoms with Gasteiger partial charge in [-0.2, -0.15) is 0 Å². The highest BCUT2D eigenvalue weighted by molar-refractivity contribution is 6.08. The van der Waals surface area contributed by atoms with Crippen molar-refractivity contribution in [1.82, 2.24) is 0 Å². The molecule has 0 radical (unpaired) electrons. The Balaban J connectivity index is 1.57. The second-order valence-electron chi connectivity index (χ2n) is 11.2. The van der Waals surface area contributed by atoms with Crippen LogP contribution in [0.5, 0.6) is 17.2 Å². The van der Waals surface area contributed by atoms with Gasteiger partial charge in [-0.05, 0) is 70.6 Å². The van der Waals surface area contributed by atoms with E-state index >= 15 is 0 Å². The number of carboxylic acids is 1. The van der Waals surface area contributed by atoms with Crippen LogP contribution in [0.2, 0.25) is 0 Å². The van der Waals surface area contributed by atoms with Gasteiger partial charge in [-0.15, -0.1) is 0 Å². The van der Waals surface area contributed by atoms with E-state index in [0.717, 1.165) is 22.3 Å². The Bertz CT molecular complexity index is 1750. The molecule has 0 saturated heterocycles. The first kappa shape index (κ1) is 31.9. The first-order chi connectivity index (χ1) is 22.3. The quantitative estimate of drug-likeness (QED) is 0.143. The fourth-order valence-electron chi connectivity index (χ4n) is 5.03. The molecule has 0 aliphatic carbocycles. The zero-order valence-electron chi connectivity index (χ0n) is 26.2. The molecule has 0 fully saturated rings. The smallest absolute Gasteiger partial charge is 0.335 e. The molecular formula is C39H37NO6. The number of ether oxygens (including phenoxy) is 3. The molecule has 7 heteroatoms. The lowest BCUT2D eigenvalue weighted by atomic mass is 9.97. The number of nitrogens with zero attached hydrogens (tertiary/aromatic N) is 1. The summed E-state index contributed by atoms with van der Waals surface area (Å²) < 4.78 is 18.1. The summed E-state index contributed by atoms with van der Waals surface area (Å²) >= 11 is 0. The van der Waals surface area contributed by atoms with Crippen molar-refractivity contribution in [2.75, 3.05) is 12.0 Å². The number of anilines is 1. The Labute approximate surface area is 269 Å². The van der Waals surface area contributed by atoms with Crippen LogP contribution in [0.15, 0.2) is 121 Å². The maximum Gasteiger partial charge on any atom is 0.335 e. The summed E-state index contributed by atoms with van der Waals surface area (Å²) in [6.07, 6.45) is 0. The molecule has 0 aliphatic rings. The van der Waals surface area contributed by atoms with Crippen molar-refractivity contribution in [2.45, 2.75) is 39.5 Å². The lowest BCUT2D eigenvalue weighted by Gasteiger charge is -2.26. The highest BCUT2D eigenvalue weighted by atomic mass is 16.5. The Morgan fingerprint density at radius 3 is 1.78 bits per heavy atom. The van der Waals surface area contributed by atoms with E-state index in [0.29, 0.717) is 35.1 Å². The SMILES string of the molecule is COc1ccc(N(Cc2ccc(C(=O)O)cc2)C(=O)c2cc(C(C)C)c(OCc3ccccc3)cc2OCc2ccccc2)cc1. The third-order valence-electron chi connectivity index (χ3n) is 7.61. The van der Waals surface area contributed by atoms with Crippen LogP contribution in [0.3, 0.4) is 0 Å². The molecule has 0 unspecified atom stereocenters. The number of benzene rings is 5. The molecule has 0 heterocycles. The standard InChI is InChI=1S/C39H37NO6/c1-27(2)34-22-35(37(46-26-30-12-8-5-9-13-30)23-36(34)45-25-29-10-6-4-7-11-29)38(41)40(32-18-20-33(44-3)21-19-32)24-28-14-16-31(17-15-28)39(42)43/h4-23,27H,24-26H2,1-3H3,(H,42,43). The Morgan fingerprint density at radius 2 is 1.26 bits per heavy atom. The highest BCUT2D eigenvalue weighted by Gasteiger charge is 2.26. The van der Waals surface area contributed by atoms with Gasteiger partial charge in [0, 0.05) is 11.8 Å². The summed E-state index contributed by atoms with van der Waals surface area (Å²) in [4.78, 5) is 27.8. The first-order valence-electron chi connectivity index (χ1n) is 15.1. The molecule has 0 saturated carbocycles. The lowest BCUT2D eigenvalue weighted by Crippen LogP contribution is -2.31. The Kier molecular flexibility index (Phi) is 10.4. The number of carbonyl (C=O) groups excluding carboxylic acids is 1. The number of amides is 1. The van der Waals surface area contributed by atoms with Crippen LogP contribution in [-0.4, -0.2) is 24.1 Å². The van der Waals surface area contributed by atoms with Gasteiger partial charge in [0.1, 0.15) is 30.5 Å². The van der Waals surface area contributed by atoms with Gasteiger partial charge in [-0.3, -0.25) is 4.79 Å². The molecule has 0 aliphatic heterocycles. The maximum absolute atomic E-state index is 14.7. The van der Waals surface area contributed by atoms with Crippen molar-refractivity contribution in [3.8, 4) is 17.2 Å². The van der Waals surface area contributed by atoms with E-state index in [4.69, 9.17) is 14.2 Å². The van der Waals surface area contributed by atoms with E-state index in [-0.39, 0.29) is 30.5 Å². The largest absolute Gasteiger partial charge is 0.497 e. The Morgan fingerprint density at radius 1 is 0.696 bits per heavy atom. The van der Waals surface area contributed by atoms with E-state index in [1.165, 1.54) is 0 Å². The number of carboxylic acid groups (broad SMARTS) is 1. The first-order valence-corrected chi connectivity index (χ1v) is 15.1. The monoisotopic (exact) mass is 615 g/mol. The van der Waals surface area contributed by atoms with Gasteiger partial charge < -0.3 is 24.2 Å². The second-order valence-corrected chi connectivity index (χ2v) is 11.2. The highest BCUT2D eigenvalue weighted by Crippen LogP contribution is 2.37. The van der Waals surface area contributed by atoms with Crippen molar-refractivity contribution < 1.29 is 28.9 Å². The zero-order chi connectivity index (χ0) is 32.5. The molecule has 5 aromatic carbocycles. The number of hydrogen-bond donors (Lipinski definition) is 1. The summed E-state index contributed by atoms with van der Waals surface area (Å²) in [6, 6.07) is 37.2. The van der Waals surface area contributed by atoms with Crippen LogP contribution in [0.4, 0.5) is 5.69 Å². The summed E-state index contributed by atoms with van der Waals surface area (Å²) in [6.45, 7) is 4.96. The van der Waals surface area contributed by atoms with E-state index in [1.54, 1.807) is 48.4 Å². The predicted octanol–water partition coefficient (Wildman–Crippen LogP) is 8.52. The molecule has 0 bridgehead atoms. The average molecular weight is 616 g/mol. The third-order valence-corrected chi connectivity index (χ3v) is 7.61. The molecule has 0 aromatic heterocycles. The predicted molar refractivity (Wildman–Crippen MR) is 179 cm³/mol. The molecular weight excluding hydrogens is 578 g/mol. The van der Waals surface area contributed by atoms with Gasteiger partial charge >= 0.3 is 5.97 Å². The molecule has 234 valence electrons. The zero-order valence-corrected chi connectivity index (χ0v) is 26.2. The van der Waals surface area contributed by atoms with Gasteiger partial charge in [-0.25, -0.2) is 4.79 Å². The number of rotatable bonds is 13. The van der Waals surface area contributed by atoms with E-state index in [9.17, 15) is 14.7 Å². The van der Waals surface area contributed by atoms with Gasteiger partial charge in [-0.1, -0.05) is 86.6 Å². The minimum Gasteiger partial charge on any atom is -0.497 e. The van der Waals surface area contributed by atoms with Crippen LogP contribution >= 0.6 is 0 Å².